The van der Waals surface area contributed by atoms with E-state index in [-0.39, 0.29) is 12.5 Å². The summed E-state index contributed by atoms with van der Waals surface area (Å²) >= 11 is 0. The molecule has 0 fully saturated rings. The van der Waals surface area contributed by atoms with Gasteiger partial charge in [0.05, 0.1) is 5.69 Å². The maximum Gasteiger partial charge on any atom is 0.359 e. The van der Waals surface area contributed by atoms with Crippen LogP contribution in [0.4, 0.5) is 5.69 Å². The van der Waals surface area contributed by atoms with Gasteiger partial charge in [-0.3, -0.25) is 4.79 Å². The van der Waals surface area contributed by atoms with Crippen LogP contribution in [0.1, 0.15) is 39.3 Å². The van der Waals surface area contributed by atoms with E-state index < -0.39 is 5.97 Å². The molecule has 0 radical (unpaired) electrons. The fraction of sp³-hybridized carbons (Fsp3) is 0.179. The molecule has 0 atom stereocenters. The molecule has 0 spiro atoms. The van der Waals surface area contributed by atoms with Crippen LogP contribution in [0.5, 0.6) is 0 Å². The maximum absolute atomic E-state index is 12.8. The number of carbonyl (C=O) groups excluding carboxylic acids is 2. The van der Waals surface area contributed by atoms with Crippen LogP contribution in [0.3, 0.4) is 0 Å². The molecule has 6 heteroatoms. The highest BCUT2D eigenvalue weighted by Gasteiger charge is 2.28. The number of rotatable bonds is 7. The molecule has 1 amide bonds. The standard InChI is InChI=1S/C28H25N3O3/c32-26(29-24-16-8-7-12-21(24)18-20-10-3-1-4-11-20)19-34-28(33)27-23-15-9-17-25(23)31(30-27)22-13-5-2-6-14-22/h1-8,10-14,16H,9,15,17-19H2,(H,29,32). The number of nitrogens with zero attached hydrogens (tertiary/aromatic N) is 2. The van der Waals surface area contributed by atoms with Crippen LogP contribution >= 0.6 is 0 Å². The fourth-order valence-electron chi connectivity index (χ4n) is 4.38. The molecule has 34 heavy (non-hydrogen) atoms. The predicted octanol–water partition coefficient (Wildman–Crippen LogP) is 4.75. The molecule has 5 rings (SSSR count). The van der Waals surface area contributed by atoms with Gasteiger partial charge in [-0.25, -0.2) is 9.48 Å². The lowest BCUT2D eigenvalue weighted by Gasteiger charge is -2.11. The van der Waals surface area contributed by atoms with Gasteiger partial charge in [-0.05, 0) is 55.0 Å². The molecule has 4 aromatic rings. The van der Waals surface area contributed by atoms with E-state index in [2.05, 4.69) is 10.4 Å². The van der Waals surface area contributed by atoms with Crippen molar-refractivity contribution in [1.29, 1.82) is 0 Å². The highest BCUT2D eigenvalue weighted by Crippen LogP contribution is 2.28. The fourth-order valence-corrected chi connectivity index (χ4v) is 4.38. The zero-order chi connectivity index (χ0) is 23.3. The predicted molar refractivity (Wildman–Crippen MR) is 130 cm³/mol. The Morgan fingerprint density at radius 2 is 1.59 bits per heavy atom. The lowest BCUT2D eigenvalue weighted by atomic mass is 10.0. The van der Waals surface area contributed by atoms with Gasteiger partial charge in [0.15, 0.2) is 12.3 Å². The largest absolute Gasteiger partial charge is 0.451 e. The number of aromatic nitrogens is 2. The molecule has 3 aromatic carbocycles. The van der Waals surface area contributed by atoms with Gasteiger partial charge in [0.25, 0.3) is 5.91 Å². The van der Waals surface area contributed by atoms with E-state index in [4.69, 9.17) is 4.74 Å². The van der Waals surface area contributed by atoms with E-state index in [1.54, 1.807) is 0 Å². The van der Waals surface area contributed by atoms with Gasteiger partial charge in [0.2, 0.25) is 0 Å². The van der Waals surface area contributed by atoms with E-state index in [9.17, 15) is 9.59 Å². The number of fused-ring (bicyclic) bond motifs is 1. The first kappa shape index (κ1) is 21.6. The third-order valence-electron chi connectivity index (χ3n) is 5.99. The number of benzene rings is 3. The number of para-hydroxylation sites is 2. The van der Waals surface area contributed by atoms with Crippen LogP contribution < -0.4 is 5.32 Å². The second-order valence-electron chi connectivity index (χ2n) is 8.32. The topological polar surface area (TPSA) is 73.2 Å². The van der Waals surface area contributed by atoms with E-state index in [1.165, 1.54) is 0 Å². The summed E-state index contributed by atoms with van der Waals surface area (Å²) < 4.78 is 7.19. The van der Waals surface area contributed by atoms with Gasteiger partial charge in [0.1, 0.15) is 0 Å². The Morgan fingerprint density at radius 1 is 0.882 bits per heavy atom. The quantitative estimate of drug-likeness (QED) is 0.412. The van der Waals surface area contributed by atoms with Crippen LogP contribution in [0.15, 0.2) is 84.9 Å². The number of anilines is 1. The molecule has 0 aliphatic heterocycles. The maximum atomic E-state index is 12.8. The van der Waals surface area contributed by atoms with Crippen molar-refractivity contribution in [3.63, 3.8) is 0 Å². The van der Waals surface area contributed by atoms with E-state index in [1.807, 2.05) is 89.6 Å². The molecule has 0 unspecified atom stereocenters. The number of ether oxygens (including phenoxy) is 1. The SMILES string of the molecule is O=C(COC(=O)c1nn(-c2ccccc2)c2c1CCC2)Nc1ccccc1Cc1ccccc1. The Balaban J connectivity index is 1.26. The molecule has 6 nitrogen and oxygen atoms in total. The van der Waals surface area contributed by atoms with Crippen LogP contribution in [0.25, 0.3) is 5.69 Å². The Morgan fingerprint density at radius 3 is 2.38 bits per heavy atom. The molecular formula is C28H25N3O3. The van der Waals surface area contributed by atoms with Gasteiger partial charge in [-0.1, -0.05) is 66.7 Å². The number of esters is 1. The van der Waals surface area contributed by atoms with E-state index in [0.29, 0.717) is 17.8 Å². The number of carbonyl (C=O) groups is 2. The number of hydrogen-bond donors (Lipinski definition) is 1. The molecule has 0 saturated heterocycles. The zero-order valence-electron chi connectivity index (χ0n) is 18.7. The summed E-state index contributed by atoms with van der Waals surface area (Å²) in [6.45, 7) is -0.370. The number of amides is 1. The minimum Gasteiger partial charge on any atom is -0.451 e. The minimum atomic E-state index is -0.569. The summed E-state index contributed by atoms with van der Waals surface area (Å²) in [6.07, 6.45) is 3.31. The number of hydrogen-bond acceptors (Lipinski definition) is 4. The summed E-state index contributed by atoms with van der Waals surface area (Å²) in [5, 5.41) is 7.41. The summed E-state index contributed by atoms with van der Waals surface area (Å²) in [6, 6.07) is 27.4. The van der Waals surface area contributed by atoms with Crippen LogP contribution in [-0.4, -0.2) is 28.3 Å². The second-order valence-corrected chi connectivity index (χ2v) is 8.32. The van der Waals surface area contributed by atoms with Gasteiger partial charge in [-0.2, -0.15) is 5.10 Å². The molecule has 0 bridgehead atoms. The van der Waals surface area contributed by atoms with Crippen molar-refractivity contribution in [2.45, 2.75) is 25.7 Å². The summed E-state index contributed by atoms with van der Waals surface area (Å²) in [4.78, 5) is 25.4. The molecule has 1 aliphatic rings. The van der Waals surface area contributed by atoms with Gasteiger partial charge >= 0.3 is 5.97 Å². The van der Waals surface area contributed by atoms with Crippen molar-refractivity contribution in [2.75, 3.05) is 11.9 Å². The molecule has 1 aromatic heterocycles. The number of nitrogens with one attached hydrogen (secondary N) is 1. The first-order valence-electron chi connectivity index (χ1n) is 11.4. The Labute approximate surface area is 198 Å². The average Bonchev–Trinajstić information content (AvgIpc) is 3.48. The van der Waals surface area contributed by atoms with Crippen molar-refractivity contribution < 1.29 is 14.3 Å². The van der Waals surface area contributed by atoms with Crippen LogP contribution in [-0.2, 0) is 28.8 Å². The zero-order valence-corrected chi connectivity index (χ0v) is 18.7. The third kappa shape index (κ3) is 4.62. The van der Waals surface area contributed by atoms with Crippen LogP contribution in [0, 0.1) is 0 Å². The Bertz CT molecular complexity index is 1310. The lowest BCUT2D eigenvalue weighted by Crippen LogP contribution is -2.22. The highest BCUT2D eigenvalue weighted by atomic mass is 16.5. The second kappa shape index (κ2) is 9.75. The van der Waals surface area contributed by atoms with Crippen molar-refractivity contribution in [2.24, 2.45) is 0 Å². The van der Waals surface area contributed by atoms with Gasteiger partial charge in [0, 0.05) is 16.9 Å². The normalized spacial score (nSPS) is 12.2. The smallest absolute Gasteiger partial charge is 0.359 e. The molecule has 0 saturated carbocycles. The first-order valence-corrected chi connectivity index (χ1v) is 11.4. The Kier molecular flexibility index (Phi) is 6.21. The van der Waals surface area contributed by atoms with Gasteiger partial charge < -0.3 is 10.1 Å². The molecule has 170 valence electrons. The summed E-state index contributed by atoms with van der Waals surface area (Å²) in [5.74, 6) is -0.950. The third-order valence-corrected chi connectivity index (χ3v) is 5.99. The lowest BCUT2D eigenvalue weighted by molar-refractivity contribution is -0.119. The van der Waals surface area contributed by atoms with Crippen molar-refractivity contribution in [3.8, 4) is 5.69 Å². The first-order chi connectivity index (χ1) is 16.7. The van der Waals surface area contributed by atoms with Crippen molar-refractivity contribution >= 4 is 17.6 Å². The highest BCUT2D eigenvalue weighted by molar-refractivity contribution is 5.96. The van der Waals surface area contributed by atoms with Gasteiger partial charge in [-0.15, -0.1) is 0 Å². The van der Waals surface area contributed by atoms with E-state index >= 15 is 0 Å². The summed E-state index contributed by atoms with van der Waals surface area (Å²) in [7, 11) is 0. The average molecular weight is 452 g/mol. The summed E-state index contributed by atoms with van der Waals surface area (Å²) in [5.41, 5.74) is 6.02. The molecule has 1 aliphatic carbocycles. The molecule has 1 N–H and O–H groups in total. The minimum absolute atomic E-state index is 0.300. The van der Waals surface area contributed by atoms with Crippen molar-refractivity contribution in [3.05, 3.63) is 113 Å². The van der Waals surface area contributed by atoms with Crippen LogP contribution in [0.2, 0.25) is 0 Å². The molecule has 1 heterocycles. The van der Waals surface area contributed by atoms with Crippen molar-refractivity contribution in [1.82, 2.24) is 9.78 Å². The Hall–Kier alpha value is -4.19. The molecular weight excluding hydrogens is 426 g/mol. The van der Waals surface area contributed by atoms with E-state index in [0.717, 1.165) is 47.3 Å². The monoisotopic (exact) mass is 451 g/mol.